The minimum Gasteiger partial charge on any atom is -0.493 e. The van der Waals surface area contributed by atoms with Crippen molar-refractivity contribution < 1.29 is 9.53 Å². The molecule has 0 saturated heterocycles. The van der Waals surface area contributed by atoms with Gasteiger partial charge in [0.15, 0.2) is 5.96 Å². The van der Waals surface area contributed by atoms with E-state index in [1.807, 2.05) is 18.2 Å². The summed E-state index contributed by atoms with van der Waals surface area (Å²) in [4.78, 5) is 18.4. The number of amides is 1. The van der Waals surface area contributed by atoms with Gasteiger partial charge in [0.1, 0.15) is 12.3 Å². The van der Waals surface area contributed by atoms with Crippen LogP contribution in [-0.2, 0) is 10.2 Å². The van der Waals surface area contributed by atoms with Crippen LogP contribution in [0.1, 0.15) is 42.9 Å². The van der Waals surface area contributed by atoms with E-state index in [1.165, 1.54) is 12.0 Å². The summed E-state index contributed by atoms with van der Waals surface area (Å²) < 4.78 is 5.80. The van der Waals surface area contributed by atoms with E-state index < -0.39 is 0 Å². The predicted molar refractivity (Wildman–Crippen MR) is 123 cm³/mol. The number of aliphatic imine (C=N–C) groups is 1. The summed E-state index contributed by atoms with van der Waals surface area (Å²) in [6, 6.07) is 18.9. The van der Waals surface area contributed by atoms with Crippen LogP contribution < -0.4 is 15.4 Å². The topological polar surface area (TPSA) is 66.0 Å². The van der Waals surface area contributed by atoms with Gasteiger partial charge in [0, 0.05) is 38.0 Å². The average molecular weight is 421 g/mol. The molecule has 1 aliphatic carbocycles. The monoisotopic (exact) mass is 420 g/mol. The van der Waals surface area contributed by atoms with Crippen LogP contribution in [0, 0.1) is 0 Å². The van der Waals surface area contributed by atoms with Crippen molar-refractivity contribution in [2.75, 3.05) is 33.8 Å². The van der Waals surface area contributed by atoms with Gasteiger partial charge in [0.05, 0.1) is 12.6 Å². The predicted octanol–water partition coefficient (Wildman–Crippen LogP) is 3.26. The maximum atomic E-state index is 12.2. The molecule has 0 aromatic heterocycles. The van der Waals surface area contributed by atoms with Crippen LogP contribution in [-0.4, -0.2) is 50.6 Å². The Morgan fingerprint density at radius 3 is 2.58 bits per heavy atom. The first kappa shape index (κ1) is 21.2. The average Bonchev–Trinajstić information content (AvgIpc) is 2.77. The van der Waals surface area contributed by atoms with Gasteiger partial charge in [-0.1, -0.05) is 55.0 Å². The number of rotatable bonds is 6. The van der Waals surface area contributed by atoms with Crippen LogP contribution in [0.3, 0.4) is 0 Å². The van der Waals surface area contributed by atoms with Crippen LogP contribution in [0.5, 0.6) is 5.75 Å². The third-order valence-electron chi connectivity index (χ3n) is 6.43. The van der Waals surface area contributed by atoms with E-state index in [0.717, 1.165) is 37.1 Å². The largest absolute Gasteiger partial charge is 0.493 e. The number of benzene rings is 2. The number of hydrogen-bond acceptors (Lipinski definition) is 3. The Morgan fingerprint density at radius 2 is 1.87 bits per heavy atom. The minimum atomic E-state index is -0.0186. The SMILES string of the molecule is CN(C)C(=O)CN=C(NCC1(c2ccccc2)CCC1)NC1CCOc2ccccc21. The molecular weight excluding hydrogens is 388 g/mol. The van der Waals surface area contributed by atoms with Crippen LogP contribution in [0.25, 0.3) is 0 Å². The number of nitrogens with zero attached hydrogens (tertiary/aromatic N) is 2. The number of likely N-dealkylation sites (N-methyl/N-ethyl adjacent to an activating group) is 1. The summed E-state index contributed by atoms with van der Waals surface area (Å²) in [5, 5.41) is 7.13. The zero-order valence-corrected chi connectivity index (χ0v) is 18.4. The summed E-state index contributed by atoms with van der Waals surface area (Å²) in [7, 11) is 3.51. The summed E-state index contributed by atoms with van der Waals surface area (Å²) in [6.07, 6.45) is 4.41. The highest BCUT2D eigenvalue weighted by atomic mass is 16.5. The number of carbonyl (C=O) groups is 1. The lowest BCUT2D eigenvalue weighted by Gasteiger charge is -2.43. The second-order valence-corrected chi connectivity index (χ2v) is 8.68. The quantitative estimate of drug-likeness (QED) is 0.556. The molecule has 31 heavy (non-hydrogen) atoms. The number of nitrogens with one attached hydrogen (secondary N) is 2. The van der Waals surface area contributed by atoms with Crippen LogP contribution in [0.15, 0.2) is 59.6 Å². The van der Waals surface area contributed by atoms with E-state index in [1.54, 1.807) is 19.0 Å². The maximum absolute atomic E-state index is 12.2. The molecule has 1 saturated carbocycles. The first-order valence-electron chi connectivity index (χ1n) is 11.1. The third kappa shape index (κ3) is 4.84. The molecule has 2 aliphatic rings. The Balaban J connectivity index is 1.51. The highest BCUT2D eigenvalue weighted by molar-refractivity contribution is 5.85. The van der Waals surface area contributed by atoms with Crippen molar-refractivity contribution in [2.45, 2.75) is 37.1 Å². The highest BCUT2D eigenvalue weighted by Gasteiger charge is 2.38. The molecule has 1 heterocycles. The molecule has 0 spiro atoms. The molecule has 6 heteroatoms. The van der Waals surface area contributed by atoms with E-state index in [-0.39, 0.29) is 23.9 Å². The Bertz CT molecular complexity index is 922. The second kappa shape index (κ2) is 9.41. The first-order valence-corrected chi connectivity index (χ1v) is 11.1. The van der Waals surface area contributed by atoms with Crippen molar-refractivity contribution >= 4 is 11.9 Å². The van der Waals surface area contributed by atoms with Gasteiger partial charge < -0.3 is 20.3 Å². The number of ether oxygens (including phenoxy) is 1. The lowest BCUT2D eigenvalue weighted by Crippen LogP contribution is -2.50. The van der Waals surface area contributed by atoms with Crippen molar-refractivity contribution in [1.29, 1.82) is 0 Å². The normalized spacial score (nSPS) is 19.4. The fourth-order valence-corrected chi connectivity index (χ4v) is 4.31. The summed E-state index contributed by atoms with van der Waals surface area (Å²) in [5.74, 6) is 1.57. The Morgan fingerprint density at radius 1 is 1.13 bits per heavy atom. The van der Waals surface area contributed by atoms with E-state index >= 15 is 0 Å². The zero-order chi connectivity index (χ0) is 21.7. The summed E-state index contributed by atoms with van der Waals surface area (Å²) >= 11 is 0. The number of para-hydroxylation sites is 1. The lowest BCUT2D eigenvalue weighted by atomic mass is 9.64. The van der Waals surface area contributed by atoms with Crippen molar-refractivity contribution in [1.82, 2.24) is 15.5 Å². The zero-order valence-electron chi connectivity index (χ0n) is 18.4. The van der Waals surface area contributed by atoms with Crippen molar-refractivity contribution in [3.63, 3.8) is 0 Å². The third-order valence-corrected chi connectivity index (χ3v) is 6.43. The molecule has 0 bridgehead atoms. The number of guanidine groups is 1. The van der Waals surface area contributed by atoms with Gasteiger partial charge in [-0.25, -0.2) is 4.99 Å². The number of carbonyl (C=O) groups excluding carboxylic acids is 1. The number of fused-ring (bicyclic) bond motifs is 1. The standard InChI is InChI=1S/C25H32N4O2/c1-29(2)23(30)17-26-24(28-21-13-16-31-22-12-7-6-11-20(21)22)27-18-25(14-8-15-25)19-9-4-3-5-10-19/h3-7,9-12,21H,8,13-18H2,1-2H3,(H2,26,27,28). The molecule has 164 valence electrons. The van der Waals surface area contributed by atoms with Gasteiger partial charge >= 0.3 is 0 Å². The molecule has 6 nitrogen and oxygen atoms in total. The lowest BCUT2D eigenvalue weighted by molar-refractivity contribution is -0.127. The smallest absolute Gasteiger partial charge is 0.243 e. The van der Waals surface area contributed by atoms with Gasteiger partial charge in [-0.3, -0.25) is 4.79 Å². The van der Waals surface area contributed by atoms with Crippen molar-refractivity contribution in [3.8, 4) is 5.75 Å². The van der Waals surface area contributed by atoms with Gasteiger partial charge in [0.25, 0.3) is 0 Å². The Labute approximate surface area is 184 Å². The molecule has 1 fully saturated rings. The molecule has 4 rings (SSSR count). The first-order chi connectivity index (χ1) is 15.1. The van der Waals surface area contributed by atoms with E-state index in [0.29, 0.717) is 12.6 Å². The molecule has 1 atom stereocenters. The fraction of sp³-hybridized carbons (Fsp3) is 0.440. The molecule has 1 unspecified atom stereocenters. The van der Waals surface area contributed by atoms with Crippen LogP contribution in [0.2, 0.25) is 0 Å². The molecule has 1 aliphatic heterocycles. The second-order valence-electron chi connectivity index (χ2n) is 8.68. The van der Waals surface area contributed by atoms with Crippen molar-refractivity contribution in [2.24, 2.45) is 4.99 Å². The van der Waals surface area contributed by atoms with Crippen LogP contribution >= 0.6 is 0 Å². The van der Waals surface area contributed by atoms with Gasteiger partial charge in [-0.05, 0) is 24.5 Å². The molecule has 0 radical (unpaired) electrons. The minimum absolute atomic E-state index is 0.0186. The van der Waals surface area contributed by atoms with Gasteiger partial charge in [0.2, 0.25) is 5.91 Å². The molecule has 2 aromatic rings. The maximum Gasteiger partial charge on any atom is 0.243 e. The van der Waals surface area contributed by atoms with E-state index in [9.17, 15) is 4.79 Å². The van der Waals surface area contributed by atoms with Crippen molar-refractivity contribution in [3.05, 3.63) is 65.7 Å². The molecule has 2 N–H and O–H groups in total. The van der Waals surface area contributed by atoms with Crippen LogP contribution in [0.4, 0.5) is 0 Å². The fourth-order valence-electron chi connectivity index (χ4n) is 4.31. The van der Waals surface area contributed by atoms with Gasteiger partial charge in [-0.15, -0.1) is 0 Å². The van der Waals surface area contributed by atoms with Gasteiger partial charge in [-0.2, -0.15) is 0 Å². The van der Waals surface area contributed by atoms with E-state index in [2.05, 4.69) is 52.0 Å². The van der Waals surface area contributed by atoms with E-state index in [4.69, 9.17) is 4.74 Å². The Kier molecular flexibility index (Phi) is 6.44. The summed E-state index contributed by atoms with van der Waals surface area (Å²) in [6.45, 7) is 1.57. The summed E-state index contributed by atoms with van der Waals surface area (Å²) in [5.41, 5.74) is 2.63. The number of hydrogen-bond donors (Lipinski definition) is 2. The highest BCUT2D eigenvalue weighted by Crippen LogP contribution is 2.43. The molecule has 1 amide bonds. The molecule has 2 aromatic carbocycles. The molecular formula is C25H32N4O2. The Hall–Kier alpha value is -3.02.